The van der Waals surface area contributed by atoms with E-state index in [-0.39, 0.29) is 0 Å². The second kappa shape index (κ2) is 5.70. The first kappa shape index (κ1) is 12.6. The van der Waals surface area contributed by atoms with E-state index in [1.165, 1.54) is 25.7 Å². The van der Waals surface area contributed by atoms with Crippen LogP contribution in [0, 0.1) is 5.92 Å². The Bertz CT molecular complexity index is 429. The zero-order valence-corrected chi connectivity index (χ0v) is 11.4. The van der Waals surface area contributed by atoms with Gasteiger partial charge in [-0.2, -0.15) is 0 Å². The molecule has 1 atom stereocenters. The van der Waals surface area contributed by atoms with E-state index >= 15 is 0 Å². The molecule has 1 aromatic carbocycles. The maximum Gasteiger partial charge on any atom is 0.231 e. The SMILES string of the molecule is CNC(COc1ccc2c(c1)OCO2)C1CCCC1. The van der Waals surface area contributed by atoms with E-state index in [0.717, 1.165) is 23.2 Å². The van der Waals surface area contributed by atoms with E-state index in [2.05, 4.69) is 5.32 Å². The van der Waals surface area contributed by atoms with Crippen LogP contribution >= 0.6 is 0 Å². The summed E-state index contributed by atoms with van der Waals surface area (Å²) >= 11 is 0. The van der Waals surface area contributed by atoms with Crippen molar-refractivity contribution >= 4 is 0 Å². The maximum atomic E-state index is 5.90. The van der Waals surface area contributed by atoms with Crippen LogP contribution in [0.4, 0.5) is 0 Å². The summed E-state index contributed by atoms with van der Waals surface area (Å²) in [4.78, 5) is 0. The van der Waals surface area contributed by atoms with Crippen LogP contribution < -0.4 is 19.5 Å². The van der Waals surface area contributed by atoms with Gasteiger partial charge in [0.1, 0.15) is 12.4 Å². The number of hydrogen-bond acceptors (Lipinski definition) is 4. The third-order valence-corrected chi connectivity index (χ3v) is 4.11. The van der Waals surface area contributed by atoms with Crippen LogP contribution in [0.15, 0.2) is 18.2 Å². The van der Waals surface area contributed by atoms with E-state index < -0.39 is 0 Å². The third-order valence-electron chi connectivity index (χ3n) is 4.11. The predicted molar refractivity (Wildman–Crippen MR) is 72.9 cm³/mol. The molecule has 104 valence electrons. The first-order chi connectivity index (χ1) is 9.36. The van der Waals surface area contributed by atoms with Gasteiger partial charge in [0.15, 0.2) is 11.5 Å². The highest BCUT2D eigenvalue weighted by Gasteiger charge is 2.24. The van der Waals surface area contributed by atoms with Crippen molar-refractivity contribution in [2.75, 3.05) is 20.4 Å². The second-order valence-electron chi connectivity index (χ2n) is 5.27. The standard InChI is InChI=1S/C15H21NO3/c1-16-13(11-4-2-3-5-11)9-17-12-6-7-14-15(8-12)19-10-18-14/h6-8,11,13,16H,2-5,9-10H2,1H3. The van der Waals surface area contributed by atoms with Gasteiger partial charge in [0.2, 0.25) is 6.79 Å². The Hall–Kier alpha value is -1.42. The molecule has 0 amide bonds. The Morgan fingerprint density at radius 3 is 2.84 bits per heavy atom. The van der Waals surface area contributed by atoms with Crippen molar-refractivity contribution in [3.63, 3.8) is 0 Å². The van der Waals surface area contributed by atoms with E-state index in [1.807, 2.05) is 25.2 Å². The lowest BCUT2D eigenvalue weighted by atomic mass is 9.99. The first-order valence-electron chi connectivity index (χ1n) is 7.06. The van der Waals surface area contributed by atoms with E-state index in [0.29, 0.717) is 19.4 Å². The predicted octanol–water partition coefficient (Wildman–Crippen LogP) is 2.57. The summed E-state index contributed by atoms with van der Waals surface area (Å²) in [6, 6.07) is 6.19. The Labute approximate surface area is 114 Å². The summed E-state index contributed by atoms with van der Waals surface area (Å²) in [5.41, 5.74) is 0. The molecular weight excluding hydrogens is 242 g/mol. The molecule has 1 saturated carbocycles. The molecule has 1 N–H and O–H groups in total. The Morgan fingerprint density at radius 1 is 1.26 bits per heavy atom. The number of rotatable bonds is 5. The van der Waals surface area contributed by atoms with Gasteiger partial charge in [-0.1, -0.05) is 12.8 Å². The molecule has 0 aromatic heterocycles. The average molecular weight is 263 g/mol. The van der Waals surface area contributed by atoms with Gasteiger partial charge in [-0.05, 0) is 37.9 Å². The molecular formula is C15H21NO3. The normalized spacial score (nSPS) is 19.6. The monoisotopic (exact) mass is 263 g/mol. The molecule has 1 aliphatic heterocycles. The van der Waals surface area contributed by atoms with Gasteiger partial charge in [-0.3, -0.25) is 0 Å². The smallest absolute Gasteiger partial charge is 0.231 e. The zero-order chi connectivity index (χ0) is 13.1. The van der Waals surface area contributed by atoms with Gasteiger partial charge in [-0.25, -0.2) is 0 Å². The van der Waals surface area contributed by atoms with Gasteiger partial charge in [0, 0.05) is 12.1 Å². The highest BCUT2D eigenvalue weighted by molar-refractivity contribution is 5.46. The van der Waals surface area contributed by atoms with Gasteiger partial charge >= 0.3 is 0 Å². The minimum atomic E-state index is 0.306. The third kappa shape index (κ3) is 2.78. The van der Waals surface area contributed by atoms with Crippen molar-refractivity contribution in [3.05, 3.63) is 18.2 Å². The van der Waals surface area contributed by atoms with E-state index in [4.69, 9.17) is 14.2 Å². The maximum absolute atomic E-state index is 5.90. The molecule has 0 saturated heterocycles. The topological polar surface area (TPSA) is 39.7 Å². The summed E-state index contributed by atoms with van der Waals surface area (Å²) in [7, 11) is 2.02. The molecule has 1 heterocycles. The van der Waals surface area contributed by atoms with Gasteiger partial charge in [-0.15, -0.1) is 0 Å². The number of benzene rings is 1. The van der Waals surface area contributed by atoms with Gasteiger partial charge < -0.3 is 19.5 Å². The van der Waals surface area contributed by atoms with Crippen LogP contribution in [0.2, 0.25) is 0 Å². The molecule has 1 aliphatic carbocycles. The van der Waals surface area contributed by atoms with Crippen LogP contribution in [0.1, 0.15) is 25.7 Å². The largest absolute Gasteiger partial charge is 0.492 e. The van der Waals surface area contributed by atoms with Crippen LogP contribution in [-0.4, -0.2) is 26.5 Å². The van der Waals surface area contributed by atoms with Crippen molar-refractivity contribution in [1.82, 2.24) is 5.32 Å². The fourth-order valence-corrected chi connectivity index (χ4v) is 2.97. The minimum Gasteiger partial charge on any atom is -0.492 e. The van der Waals surface area contributed by atoms with Crippen molar-refractivity contribution in [2.24, 2.45) is 5.92 Å². The lowest BCUT2D eigenvalue weighted by Gasteiger charge is -2.23. The summed E-state index contributed by atoms with van der Waals surface area (Å²) in [6.45, 7) is 1.01. The fourth-order valence-electron chi connectivity index (χ4n) is 2.97. The van der Waals surface area contributed by atoms with Crippen molar-refractivity contribution in [2.45, 2.75) is 31.7 Å². The average Bonchev–Trinajstić information content (AvgIpc) is 3.10. The molecule has 4 nitrogen and oxygen atoms in total. The van der Waals surface area contributed by atoms with E-state index in [9.17, 15) is 0 Å². The molecule has 1 unspecified atom stereocenters. The number of fused-ring (bicyclic) bond motifs is 1. The van der Waals surface area contributed by atoms with Crippen LogP contribution in [-0.2, 0) is 0 Å². The van der Waals surface area contributed by atoms with Crippen LogP contribution in [0.5, 0.6) is 17.2 Å². The molecule has 0 bridgehead atoms. The number of hydrogen-bond donors (Lipinski definition) is 1. The zero-order valence-electron chi connectivity index (χ0n) is 11.4. The highest BCUT2D eigenvalue weighted by atomic mass is 16.7. The quantitative estimate of drug-likeness (QED) is 0.886. The van der Waals surface area contributed by atoms with Crippen molar-refractivity contribution < 1.29 is 14.2 Å². The van der Waals surface area contributed by atoms with E-state index in [1.54, 1.807) is 0 Å². The summed E-state index contributed by atoms with van der Waals surface area (Å²) in [5, 5.41) is 3.39. The molecule has 2 aliphatic rings. The first-order valence-corrected chi connectivity index (χ1v) is 7.06. The minimum absolute atomic E-state index is 0.306. The molecule has 1 fully saturated rings. The summed E-state index contributed by atoms with van der Waals surface area (Å²) in [5.74, 6) is 3.18. The highest BCUT2D eigenvalue weighted by Crippen LogP contribution is 2.35. The number of ether oxygens (including phenoxy) is 3. The Morgan fingerprint density at radius 2 is 2.05 bits per heavy atom. The van der Waals surface area contributed by atoms with Crippen molar-refractivity contribution in [3.8, 4) is 17.2 Å². The fraction of sp³-hybridized carbons (Fsp3) is 0.600. The van der Waals surface area contributed by atoms with Crippen LogP contribution in [0.3, 0.4) is 0 Å². The molecule has 19 heavy (non-hydrogen) atoms. The number of likely N-dealkylation sites (N-methyl/N-ethyl adjacent to an activating group) is 1. The van der Waals surface area contributed by atoms with Crippen molar-refractivity contribution in [1.29, 1.82) is 0 Å². The summed E-state index contributed by atoms with van der Waals surface area (Å²) < 4.78 is 16.5. The van der Waals surface area contributed by atoms with Crippen LogP contribution in [0.25, 0.3) is 0 Å². The summed E-state index contributed by atoms with van der Waals surface area (Å²) in [6.07, 6.45) is 5.34. The Balaban J connectivity index is 1.58. The Kier molecular flexibility index (Phi) is 3.78. The molecule has 3 rings (SSSR count). The van der Waals surface area contributed by atoms with Gasteiger partial charge in [0.05, 0.1) is 0 Å². The lowest BCUT2D eigenvalue weighted by molar-refractivity contribution is 0.173. The number of nitrogens with one attached hydrogen (secondary N) is 1. The molecule has 0 radical (unpaired) electrons. The second-order valence-corrected chi connectivity index (χ2v) is 5.27. The molecule has 4 heteroatoms. The lowest BCUT2D eigenvalue weighted by Crippen LogP contribution is -2.37. The molecule has 1 aromatic rings. The van der Waals surface area contributed by atoms with Gasteiger partial charge in [0.25, 0.3) is 0 Å². The molecule has 0 spiro atoms.